The van der Waals surface area contributed by atoms with Gasteiger partial charge in [0.05, 0.1) is 5.69 Å². The number of fused-ring (bicyclic) bond motifs is 3. The Kier molecular flexibility index (Phi) is 1.65. The molecule has 0 saturated heterocycles. The van der Waals surface area contributed by atoms with Gasteiger partial charge < -0.3 is 4.40 Å². The van der Waals surface area contributed by atoms with Crippen molar-refractivity contribution in [2.75, 3.05) is 0 Å². The zero-order valence-corrected chi connectivity index (χ0v) is 8.03. The number of carbonyl (C=O) groups is 1. The average Bonchev–Trinajstić information content (AvgIpc) is 2.57. The molecule has 0 bridgehead atoms. The Morgan fingerprint density at radius 3 is 3.13 bits per heavy atom. The van der Waals surface area contributed by atoms with Gasteiger partial charge in [0, 0.05) is 18.7 Å². The molecule has 2 aromatic rings. The highest BCUT2D eigenvalue weighted by Crippen LogP contribution is 2.22. The van der Waals surface area contributed by atoms with Gasteiger partial charge in [-0.2, -0.15) is 0 Å². The third kappa shape index (κ3) is 1.17. The van der Waals surface area contributed by atoms with Crippen LogP contribution in [0.4, 0.5) is 4.39 Å². The molecule has 15 heavy (non-hydrogen) atoms. The Balaban J connectivity index is 2.35. The fourth-order valence-corrected chi connectivity index (χ4v) is 2.07. The second kappa shape index (κ2) is 2.89. The highest BCUT2D eigenvalue weighted by atomic mass is 19.1. The summed E-state index contributed by atoms with van der Waals surface area (Å²) in [4.78, 5) is 15.7. The van der Waals surface area contributed by atoms with Crippen LogP contribution in [0.25, 0.3) is 5.65 Å². The van der Waals surface area contributed by atoms with Crippen LogP contribution in [0, 0.1) is 5.82 Å². The van der Waals surface area contributed by atoms with Gasteiger partial charge in [0.25, 0.3) is 0 Å². The average molecular weight is 204 g/mol. The number of halogens is 1. The number of aryl methyl sites for hydroxylation is 1. The molecule has 2 heterocycles. The number of pyridine rings is 1. The van der Waals surface area contributed by atoms with E-state index in [-0.39, 0.29) is 11.6 Å². The first-order valence-electron chi connectivity index (χ1n) is 4.95. The van der Waals surface area contributed by atoms with Crippen molar-refractivity contribution in [3.05, 3.63) is 35.5 Å². The Morgan fingerprint density at radius 2 is 2.27 bits per heavy atom. The number of hydrogen-bond donors (Lipinski definition) is 0. The molecule has 76 valence electrons. The van der Waals surface area contributed by atoms with Gasteiger partial charge >= 0.3 is 0 Å². The molecule has 0 aromatic carbocycles. The molecule has 2 aromatic heterocycles. The predicted molar refractivity (Wildman–Crippen MR) is 52.4 cm³/mol. The van der Waals surface area contributed by atoms with Gasteiger partial charge in [-0.3, -0.25) is 4.79 Å². The number of imidazole rings is 1. The predicted octanol–water partition coefficient (Wildman–Crippen LogP) is 1.99. The van der Waals surface area contributed by atoms with Crippen LogP contribution < -0.4 is 0 Å². The first kappa shape index (κ1) is 8.59. The number of aromatic nitrogens is 2. The van der Waals surface area contributed by atoms with Gasteiger partial charge in [-0.1, -0.05) is 0 Å². The minimum atomic E-state index is -0.322. The van der Waals surface area contributed by atoms with Crippen molar-refractivity contribution in [1.82, 2.24) is 9.38 Å². The summed E-state index contributed by atoms with van der Waals surface area (Å²) in [6.07, 6.45) is 3.89. The van der Waals surface area contributed by atoms with E-state index in [1.165, 1.54) is 12.1 Å². The maximum atomic E-state index is 13.0. The second-order valence-electron chi connectivity index (χ2n) is 3.76. The summed E-state index contributed by atoms with van der Waals surface area (Å²) in [5.74, 6) is -0.252. The zero-order valence-electron chi connectivity index (χ0n) is 8.03. The lowest BCUT2D eigenvalue weighted by Crippen LogP contribution is -2.11. The Morgan fingerprint density at radius 1 is 1.40 bits per heavy atom. The van der Waals surface area contributed by atoms with Crippen molar-refractivity contribution >= 4 is 11.4 Å². The second-order valence-corrected chi connectivity index (χ2v) is 3.76. The van der Waals surface area contributed by atoms with E-state index in [1.807, 2.05) is 0 Å². The topological polar surface area (TPSA) is 34.4 Å². The standard InChI is InChI=1S/C11H9FN2O/c12-7-4-5-14-8-2-1-3-9(15)11(8)13-10(14)6-7/h4-6H,1-3H2. The number of rotatable bonds is 0. The summed E-state index contributed by atoms with van der Waals surface area (Å²) in [7, 11) is 0. The Bertz CT molecular complexity index is 559. The highest BCUT2D eigenvalue weighted by Gasteiger charge is 2.22. The number of ketones is 1. The van der Waals surface area contributed by atoms with Gasteiger partial charge in [-0.25, -0.2) is 9.37 Å². The quantitative estimate of drug-likeness (QED) is 0.657. The molecule has 0 aliphatic heterocycles. The van der Waals surface area contributed by atoms with Crippen molar-refractivity contribution in [1.29, 1.82) is 0 Å². The summed E-state index contributed by atoms with van der Waals surface area (Å²) in [5, 5.41) is 0. The normalized spacial score (nSPS) is 15.7. The minimum Gasteiger partial charge on any atom is -0.303 e. The third-order valence-corrected chi connectivity index (χ3v) is 2.77. The molecule has 0 radical (unpaired) electrons. The Hall–Kier alpha value is -1.71. The lowest BCUT2D eigenvalue weighted by atomic mass is 10.0. The van der Waals surface area contributed by atoms with Gasteiger partial charge in [0.2, 0.25) is 0 Å². The van der Waals surface area contributed by atoms with Crippen molar-refractivity contribution in [3.63, 3.8) is 0 Å². The minimum absolute atomic E-state index is 0.0698. The SMILES string of the molecule is O=C1CCCc2c1nc1cc(F)ccn21. The molecule has 0 fully saturated rings. The van der Waals surface area contributed by atoms with Gasteiger partial charge in [0.15, 0.2) is 5.78 Å². The van der Waals surface area contributed by atoms with Crippen LogP contribution >= 0.6 is 0 Å². The molecule has 0 saturated carbocycles. The summed E-state index contributed by atoms with van der Waals surface area (Å²) >= 11 is 0. The van der Waals surface area contributed by atoms with E-state index in [0.717, 1.165) is 18.5 Å². The van der Waals surface area contributed by atoms with Gasteiger partial charge in [0.1, 0.15) is 17.2 Å². The molecule has 1 aliphatic carbocycles. The fraction of sp³-hybridized carbons (Fsp3) is 0.273. The van der Waals surface area contributed by atoms with E-state index in [2.05, 4.69) is 4.98 Å². The van der Waals surface area contributed by atoms with Crippen molar-refractivity contribution in [3.8, 4) is 0 Å². The van der Waals surface area contributed by atoms with E-state index in [1.54, 1.807) is 10.6 Å². The molecule has 3 nitrogen and oxygen atoms in total. The maximum Gasteiger partial charge on any atom is 0.183 e. The molecule has 0 amide bonds. The molecule has 4 heteroatoms. The van der Waals surface area contributed by atoms with E-state index in [0.29, 0.717) is 17.8 Å². The van der Waals surface area contributed by atoms with Crippen LogP contribution in [0.2, 0.25) is 0 Å². The summed E-state index contributed by atoms with van der Waals surface area (Å²) in [6.45, 7) is 0. The van der Waals surface area contributed by atoms with Crippen LogP contribution in [0.1, 0.15) is 29.0 Å². The lowest BCUT2D eigenvalue weighted by molar-refractivity contribution is 0.0967. The van der Waals surface area contributed by atoms with Crippen LogP contribution in [0.5, 0.6) is 0 Å². The van der Waals surface area contributed by atoms with E-state index in [4.69, 9.17) is 0 Å². The van der Waals surface area contributed by atoms with Crippen molar-refractivity contribution in [2.45, 2.75) is 19.3 Å². The summed E-state index contributed by atoms with van der Waals surface area (Å²) in [5.41, 5.74) is 1.96. The van der Waals surface area contributed by atoms with Gasteiger partial charge in [-0.15, -0.1) is 0 Å². The maximum absolute atomic E-state index is 13.0. The zero-order chi connectivity index (χ0) is 10.4. The molecular formula is C11H9FN2O. The number of nitrogens with zero attached hydrogens (tertiary/aromatic N) is 2. The smallest absolute Gasteiger partial charge is 0.183 e. The Labute approximate surface area is 85.6 Å². The summed E-state index contributed by atoms with van der Waals surface area (Å²) < 4.78 is 14.8. The monoisotopic (exact) mass is 204 g/mol. The lowest BCUT2D eigenvalue weighted by Gasteiger charge is -2.08. The molecule has 0 unspecified atom stereocenters. The van der Waals surface area contributed by atoms with Gasteiger partial charge in [-0.05, 0) is 18.9 Å². The summed E-state index contributed by atoms with van der Waals surface area (Å²) in [6, 6.07) is 2.74. The molecule has 0 N–H and O–H groups in total. The molecule has 0 atom stereocenters. The molecular weight excluding hydrogens is 195 g/mol. The molecule has 3 rings (SSSR count). The van der Waals surface area contributed by atoms with Crippen LogP contribution in [-0.2, 0) is 6.42 Å². The van der Waals surface area contributed by atoms with Crippen LogP contribution in [-0.4, -0.2) is 15.2 Å². The van der Waals surface area contributed by atoms with Crippen molar-refractivity contribution < 1.29 is 9.18 Å². The largest absolute Gasteiger partial charge is 0.303 e. The van der Waals surface area contributed by atoms with E-state index in [9.17, 15) is 9.18 Å². The first-order valence-corrected chi connectivity index (χ1v) is 4.95. The number of carbonyl (C=O) groups excluding carboxylic acids is 1. The van der Waals surface area contributed by atoms with Crippen LogP contribution in [0.15, 0.2) is 18.3 Å². The van der Waals surface area contributed by atoms with Crippen LogP contribution in [0.3, 0.4) is 0 Å². The number of hydrogen-bond acceptors (Lipinski definition) is 2. The highest BCUT2D eigenvalue weighted by molar-refractivity contribution is 5.97. The number of Topliss-reactive ketones (excluding diaryl/α,β-unsaturated/α-hetero) is 1. The van der Waals surface area contributed by atoms with Crippen molar-refractivity contribution in [2.24, 2.45) is 0 Å². The molecule has 1 aliphatic rings. The fourth-order valence-electron chi connectivity index (χ4n) is 2.07. The first-order chi connectivity index (χ1) is 7.25. The van der Waals surface area contributed by atoms with E-state index < -0.39 is 0 Å². The third-order valence-electron chi connectivity index (χ3n) is 2.77. The molecule has 0 spiro atoms. The van der Waals surface area contributed by atoms with E-state index >= 15 is 0 Å².